The van der Waals surface area contributed by atoms with Gasteiger partial charge in [-0.2, -0.15) is 0 Å². The van der Waals surface area contributed by atoms with E-state index in [2.05, 4.69) is 10.3 Å². The second-order valence-electron chi connectivity index (χ2n) is 6.12. The fourth-order valence-electron chi connectivity index (χ4n) is 2.46. The van der Waals surface area contributed by atoms with Gasteiger partial charge in [0.05, 0.1) is 12.8 Å². The number of nitrogens with one attached hydrogen (secondary N) is 1. The summed E-state index contributed by atoms with van der Waals surface area (Å²) in [6, 6.07) is 17.4. The van der Waals surface area contributed by atoms with Gasteiger partial charge in [-0.25, -0.2) is 4.39 Å². The average Bonchev–Trinajstić information content (AvgIpc) is 2.75. The molecule has 1 amide bonds. The standard InChI is InChI=1S/C23H21FN2O3/c24-21-16-18(9-11-22(21)29-20-8-4-13-25-17-20)10-12-23(27)26-14-5-15-28-19-6-2-1-3-7-19/h1-4,6-13,16-17H,5,14-15H2,(H,26,27)/b12-10+. The lowest BCUT2D eigenvalue weighted by molar-refractivity contribution is -0.116. The van der Waals surface area contributed by atoms with Crippen molar-refractivity contribution < 1.29 is 18.7 Å². The van der Waals surface area contributed by atoms with Gasteiger partial charge in [0.2, 0.25) is 5.91 Å². The maximum Gasteiger partial charge on any atom is 0.244 e. The van der Waals surface area contributed by atoms with Crippen molar-refractivity contribution in [2.24, 2.45) is 0 Å². The van der Waals surface area contributed by atoms with Crippen molar-refractivity contribution in [2.45, 2.75) is 6.42 Å². The zero-order chi connectivity index (χ0) is 20.3. The van der Waals surface area contributed by atoms with Crippen molar-refractivity contribution in [3.8, 4) is 17.2 Å². The Morgan fingerprint density at radius 3 is 2.66 bits per heavy atom. The minimum absolute atomic E-state index is 0.0954. The Labute approximate surface area is 168 Å². The molecule has 3 rings (SSSR count). The Morgan fingerprint density at radius 1 is 1.07 bits per heavy atom. The van der Waals surface area contributed by atoms with Crippen LogP contribution in [0.2, 0.25) is 0 Å². The molecule has 0 aliphatic rings. The summed E-state index contributed by atoms with van der Waals surface area (Å²) < 4.78 is 25.2. The van der Waals surface area contributed by atoms with E-state index in [1.807, 2.05) is 30.3 Å². The zero-order valence-corrected chi connectivity index (χ0v) is 15.8. The molecule has 0 radical (unpaired) electrons. The zero-order valence-electron chi connectivity index (χ0n) is 15.8. The first kappa shape index (κ1) is 20.1. The van der Waals surface area contributed by atoms with Crippen molar-refractivity contribution in [1.29, 1.82) is 0 Å². The second-order valence-corrected chi connectivity index (χ2v) is 6.12. The molecule has 2 aromatic carbocycles. The Balaban J connectivity index is 1.42. The van der Waals surface area contributed by atoms with Crippen LogP contribution in [0.5, 0.6) is 17.2 Å². The molecule has 0 fully saturated rings. The van der Waals surface area contributed by atoms with Crippen LogP contribution >= 0.6 is 0 Å². The molecule has 0 saturated heterocycles. The Bertz CT molecular complexity index is 947. The van der Waals surface area contributed by atoms with E-state index in [0.29, 0.717) is 30.9 Å². The number of aromatic nitrogens is 1. The number of carbonyl (C=O) groups excluding carboxylic acids is 1. The van der Waals surface area contributed by atoms with Crippen LogP contribution in [0.1, 0.15) is 12.0 Å². The van der Waals surface area contributed by atoms with Crippen LogP contribution in [0.25, 0.3) is 6.08 Å². The lowest BCUT2D eigenvalue weighted by atomic mass is 10.2. The number of benzene rings is 2. The third kappa shape index (κ3) is 6.77. The monoisotopic (exact) mass is 392 g/mol. The third-order valence-electron chi connectivity index (χ3n) is 3.88. The fourth-order valence-corrected chi connectivity index (χ4v) is 2.46. The van der Waals surface area contributed by atoms with E-state index in [0.717, 1.165) is 5.75 Å². The number of pyridine rings is 1. The summed E-state index contributed by atoms with van der Waals surface area (Å²) in [5.41, 5.74) is 0.559. The number of para-hydroxylation sites is 1. The molecule has 3 aromatic rings. The first-order valence-corrected chi connectivity index (χ1v) is 9.22. The highest BCUT2D eigenvalue weighted by Crippen LogP contribution is 2.24. The highest BCUT2D eigenvalue weighted by Gasteiger charge is 2.05. The largest absolute Gasteiger partial charge is 0.494 e. The van der Waals surface area contributed by atoms with E-state index in [1.54, 1.807) is 30.5 Å². The Hall–Kier alpha value is -3.67. The molecule has 0 bridgehead atoms. The minimum Gasteiger partial charge on any atom is -0.494 e. The van der Waals surface area contributed by atoms with Crippen molar-refractivity contribution in [2.75, 3.05) is 13.2 Å². The van der Waals surface area contributed by atoms with Crippen LogP contribution in [0.3, 0.4) is 0 Å². The topological polar surface area (TPSA) is 60.5 Å². The highest BCUT2D eigenvalue weighted by molar-refractivity contribution is 5.91. The molecular weight excluding hydrogens is 371 g/mol. The maximum absolute atomic E-state index is 14.2. The minimum atomic E-state index is -0.519. The van der Waals surface area contributed by atoms with Gasteiger partial charge in [0.15, 0.2) is 11.6 Å². The Morgan fingerprint density at radius 2 is 1.90 bits per heavy atom. The van der Waals surface area contributed by atoms with Crippen molar-refractivity contribution >= 4 is 12.0 Å². The smallest absolute Gasteiger partial charge is 0.244 e. The van der Waals surface area contributed by atoms with E-state index in [4.69, 9.17) is 9.47 Å². The van der Waals surface area contributed by atoms with Crippen molar-refractivity contribution in [1.82, 2.24) is 10.3 Å². The average molecular weight is 392 g/mol. The quantitative estimate of drug-likeness (QED) is 0.427. The SMILES string of the molecule is O=C(/C=C/c1ccc(Oc2cccnc2)c(F)c1)NCCCOc1ccccc1. The summed E-state index contributed by atoms with van der Waals surface area (Å²) in [5, 5.41) is 2.77. The maximum atomic E-state index is 14.2. The summed E-state index contributed by atoms with van der Waals surface area (Å²) in [6.07, 6.45) is 6.71. The molecule has 1 heterocycles. The molecule has 6 heteroatoms. The molecule has 0 unspecified atom stereocenters. The molecule has 0 atom stereocenters. The number of nitrogens with zero attached hydrogens (tertiary/aromatic N) is 1. The normalized spacial score (nSPS) is 10.7. The van der Waals surface area contributed by atoms with Crippen LogP contribution in [0.15, 0.2) is 79.1 Å². The van der Waals surface area contributed by atoms with E-state index in [9.17, 15) is 9.18 Å². The van der Waals surface area contributed by atoms with Gasteiger partial charge in [-0.05, 0) is 54.5 Å². The Kier molecular flexibility index (Phi) is 7.34. The van der Waals surface area contributed by atoms with Gasteiger partial charge in [0.25, 0.3) is 0 Å². The predicted octanol–water partition coefficient (Wildman–Crippen LogP) is 4.61. The summed E-state index contributed by atoms with van der Waals surface area (Å²) in [5.74, 6) is 0.579. The van der Waals surface area contributed by atoms with Gasteiger partial charge >= 0.3 is 0 Å². The molecule has 29 heavy (non-hydrogen) atoms. The molecule has 5 nitrogen and oxygen atoms in total. The van der Waals surface area contributed by atoms with Crippen LogP contribution in [-0.2, 0) is 4.79 Å². The second kappa shape index (κ2) is 10.6. The van der Waals surface area contributed by atoms with Gasteiger partial charge in [-0.3, -0.25) is 9.78 Å². The van der Waals surface area contributed by atoms with Gasteiger partial charge < -0.3 is 14.8 Å². The summed E-state index contributed by atoms with van der Waals surface area (Å²) in [6.45, 7) is 1.000. The lowest BCUT2D eigenvalue weighted by Gasteiger charge is -2.07. The van der Waals surface area contributed by atoms with Crippen molar-refractivity contribution in [3.05, 3.63) is 90.5 Å². The first-order chi connectivity index (χ1) is 14.2. The fraction of sp³-hybridized carbons (Fsp3) is 0.130. The molecule has 148 valence electrons. The number of amides is 1. The van der Waals surface area contributed by atoms with Crippen LogP contribution in [0.4, 0.5) is 4.39 Å². The van der Waals surface area contributed by atoms with Crippen LogP contribution in [0, 0.1) is 5.82 Å². The van der Waals surface area contributed by atoms with Crippen molar-refractivity contribution in [3.63, 3.8) is 0 Å². The number of halogens is 1. The number of hydrogen-bond donors (Lipinski definition) is 1. The van der Waals surface area contributed by atoms with E-state index < -0.39 is 5.82 Å². The third-order valence-corrected chi connectivity index (χ3v) is 3.88. The van der Waals surface area contributed by atoms with Gasteiger partial charge in [-0.15, -0.1) is 0 Å². The number of hydrogen-bond acceptors (Lipinski definition) is 4. The number of rotatable bonds is 9. The summed E-state index contributed by atoms with van der Waals surface area (Å²) in [7, 11) is 0. The van der Waals surface area contributed by atoms with E-state index in [1.165, 1.54) is 24.4 Å². The molecule has 1 aromatic heterocycles. The number of ether oxygens (including phenoxy) is 2. The van der Waals surface area contributed by atoms with Gasteiger partial charge in [0.1, 0.15) is 11.5 Å². The lowest BCUT2D eigenvalue weighted by Crippen LogP contribution is -2.23. The molecular formula is C23H21FN2O3. The van der Waals surface area contributed by atoms with E-state index >= 15 is 0 Å². The molecule has 0 aliphatic heterocycles. The van der Waals surface area contributed by atoms with Gasteiger partial charge in [0, 0.05) is 18.8 Å². The molecule has 0 spiro atoms. The molecule has 0 saturated carbocycles. The molecule has 0 aliphatic carbocycles. The highest BCUT2D eigenvalue weighted by atomic mass is 19.1. The summed E-state index contributed by atoms with van der Waals surface area (Å²) in [4.78, 5) is 15.8. The first-order valence-electron chi connectivity index (χ1n) is 9.22. The predicted molar refractivity (Wildman–Crippen MR) is 109 cm³/mol. The van der Waals surface area contributed by atoms with E-state index in [-0.39, 0.29) is 11.7 Å². The molecule has 1 N–H and O–H groups in total. The number of carbonyl (C=O) groups is 1. The summed E-state index contributed by atoms with van der Waals surface area (Å²) >= 11 is 0. The van der Waals surface area contributed by atoms with Crippen LogP contribution < -0.4 is 14.8 Å². The van der Waals surface area contributed by atoms with Gasteiger partial charge in [-0.1, -0.05) is 24.3 Å². The van der Waals surface area contributed by atoms with Crippen LogP contribution in [-0.4, -0.2) is 24.0 Å².